The van der Waals surface area contributed by atoms with E-state index >= 15 is 0 Å². The summed E-state index contributed by atoms with van der Waals surface area (Å²) in [5, 5.41) is 3.46. The Balaban J connectivity index is 1.69. The molecule has 1 N–H and O–H groups in total. The number of piperazine rings is 1. The van der Waals surface area contributed by atoms with E-state index in [2.05, 4.69) is 41.2 Å². The summed E-state index contributed by atoms with van der Waals surface area (Å²) in [6.07, 6.45) is 0. The van der Waals surface area contributed by atoms with E-state index in [1.807, 2.05) is 35.8 Å². The molecule has 0 aliphatic carbocycles. The molecule has 1 aromatic carbocycles. The number of carbonyl (C=O) groups is 2. The summed E-state index contributed by atoms with van der Waals surface area (Å²) in [6, 6.07) is 8.37. The number of rotatable bonds is 5. The van der Waals surface area contributed by atoms with Crippen molar-refractivity contribution in [2.24, 2.45) is 0 Å². The van der Waals surface area contributed by atoms with Crippen LogP contribution in [0.15, 0.2) is 24.3 Å². The summed E-state index contributed by atoms with van der Waals surface area (Å²) >= 11 is 0. The van der Waals surface area contributed by atoms with E-state index in [0.717, 1.165) is 11.3 Å². The fourth-order valence-electron chi connectivity index (χ4n) is 4.17. The second-order valence-corrected chi connectivity index (χ2v) is 9.12. The molecule has 0 atom stereocenters. The summed E-state index contributed by atoms with van der Waals surface area (Å²) < 4.78 is 0. The third-order valence-corrected chi connectivity index (χ3v) is 6.23. The molecule has 8 nitrogen and oxygen atoms in total. The van der Waals surface area contributed by atoms with Crippen LogP contribution >= 0.6 is 0 Å². The number of amides is 2. The van der Waals surface area contributed by atoms with E-state index in [4.69, 9.17) is 4.98 Å². The van der Waals surface area contributed by atoms with E-state index in [1.54, 1.807) is 6.92 Å². The van der Waals surface area contributed by atoms with Gasteiger partial charge in [0.2, 0.25) is 11.9 Å². The molecule has 170 valence electrons. The summed E-state index contributed by atoms with van der Waals surface area (Å²) in [4.78, 5) is 40.0. The maximum absolute atomic E-state index is 13.1. The van der Waals surface area contributed by atoms with Gasteiger partial charge in [-0.05, 0) is 37.5 Å². The predicted molar refractivity (Wildman–Crippen MR) is 125 cm³/mol. The van der Waals surface area contributed by atoms with Crippen LogP contribution in [-0.4, -0.2) is 63.8 Å². The minimum absolute atomic E-state index is 0.0556. The number of carbonyl (C=O) groups excluding carboxylic acids is 2. The first kappa shape index (κ1) is 22.0. The maximum Gasteiger partial charge on any atom is 0.273 e. The van der Waals surface area contributed by atoms with Gasteiger partial charge in [-0.3, -0.25) is 9.59 Å². The van der Waals surface area contributed by atoms with Gasteiger partial charge in [0, 0.05) is 50.4 Å². The standard InChI is InChI=1S/C24H32N6O2/c1-15(2)18-7-6-8-19(13-18)25-22-20-14-30(16(3)4)23(32)21(20)26-24(27-22)29-11-9-28(10-12-29)17(5)31/h6-8,13,15-16H,9-12,14H2,1-5H3,(H,25,26,27). The highest BCUT2D eigenvalue weighted by Crippen LogP contribution is 2.32. The molecular formula is C24H32N6O2. The summed E-state index contributed by atoms with van der Waals surface area (Å²) in [7, 11) is 0. The van der Waals surface area contributed by atoms with Crippen molar-refractivity contribution in [3.8, 4) is 0 Å². The van der Waals surface area contributed by atoms with Gasteiger partial charge < -0.3 is 20.0 Å². The Morgan fingerprint density at radius 3 is 2.41 bits per heavy atom. The van der Waals surface area contributed by atoms with Gasteiger partial charge in [0.15, 0.2) is 0 Å². The van der Waals surface area contributed by atoms with Gasteiger partial charge in [-0.1, -0.05) is 26.0 Å². The van der Waals surface area contributed by atoms with E-state index in [-0.39, 0.29) is 17.9 Å². The molecule has 0 saturated carbocycles. The van der Waals surface area contributed by atoms with Crippen LogP contribution in [0.25, 0.3) is 0 Å². The highest BCUT2D eigenvalue weighted by atomic mass is 16.2. The van der Waals surface area contributed by atoms with Crippen molar-refractivity contribution in [1.82, 2.24) is 19.8 Å². The Morgan fingerprint density at radius 1 is 1.06 bits per heavy atom. The summed E-state index contributed by atoms with van der Waals surface area (Å²) in [5.41, 5.74) is 3.49. The number of aromatic nitrogens is 2. The maximum atomic E-state index is 13.1. The number of nitrogens with one attached hydrogen (secondary N) is 1. The van der Waals surface area contributed by atoms with Crippen molar-refractivity contribution in [3.05, 3.63) is 41.1 Å². The molecule has 1 aromatic heterocycles. The molecule has 3 heterocycles. The zero-order chi connectivity index (χ0) is 23.0. The fraction of sp³-hybridized carbons (Fsp3) is 0.500. The zero-order valence-corrected chi connectivity index (χ0v) is 19.6. The van der Waals surface area contributed by atoms with Crippen LogP contribution in [0.1, 0.15) is 62.2 Å². The van der Waals surface area contributed by atoms with Gasteiger partial charge >= 0.3 is 0 Å². The lowest BCUT2D eigenvalue weighted by atomic mass is 10.0. The van der Waals surface area contributed by atoms with Gasteiger partial charge in [-0.2, -0.15) is 4.98 Å². The van der Waals surface area contributed by atoms with Crippen LogP contribution in [0, 0.1) is 0 Å². The molecule has 4 rings (SSSR count). The van der Waals surface area contributed by atoms with Crippen LogP contribution in [0.5, 0.6) is 0 Å². The van der Waals surface area contributed by atoms with Crippen molar-refractivity contribution < 1.29 is 9.59 Å². The molecule has 1 fully saturated rings. The minimum atomic E-state index is -0.0556. The van der Waals surface area contributed by atoms with E-state index in [9.17, 15) is 9.59 Å². The smallest absolute Gasteiger partial charge is 0.273 e. The quantitative estimate of drug-likeness (QED) is 0.774. The van der Waals surface area contributed by atoms with Gasteiger partial charge in [-0.25, -0.2) is 4.98 Å². The number of hydrogen-bond donors (Lipinski definition) is 1. The van der Waals surface area contributed by atoms with Gasteiger partial charge in [-0.15, -0.1) is 0 Å². The molecule has 2 aromatic rings. The van der Waals surface area contributed by atoms with Gasteiger partial charge in [0.25, 0.3) is 5.91 Å². The molecule has 0 radical (unpaired) electrons. The Kier molecular flexibility index (Phi) is 6.04. The van der Waals surface area contributed by atoms with E-state index in [0.29, 0.717) is 56.1 Å². The Morgan fingerprint density at radius 2 is 1.78 bits per heavy atom. The van der Waals surface area contributed by atoms with Crippen LogP contribution in [0.3, 0.4) is 0 Å². The van der Waals surface area contributed by atoms with Gasteiger partial charge in [0.1, 0.15) is 11.5 Å². The monoisotopic (exact) mass is 436 g/mol. The predicted octanol–water partition coefficient (Wildman–Crippen LogP) is 3.38. The third-order valence-electron chi connectivity index (χ3n) is 6.23. The topological polar surface area (TPSA) is 81.7 Å². The lowest BCUT2D eigenvalue weighted by Gasteiger charge is -2.34. The zero-order valence-electron chi connectivity index (χ0n) is 19.6. The molecule has 0 bridgehead atoms. The SMILES string of the molecule is CC(=O)N1CCN(c2nc(Nc3cccc(C(C)C)c3)c3c(n2)C(=O)N(C(C)C)C3)CC1. The highest BCUT2D eigenvalue weighted by molar-refractivity contribution is 5.98. The molecule has 8 heteroatoms. The molecule has 32 heavy (non-hydrogen) atoms. The normalized spacial score (nSPS) is 16.2. The number of fused-ring (bicyclic) bond motifs is 1. The van der Waals surface area contributed by atoms with Crippen molar-refractivity contribution in [2.75, 3.05) is 36.4 Å². The number of benzene rings is 1. The molecule has 2 aliphatic rings. The lowest BCUT2D eigenvalue weighted by Crippen LogP contribution is -2.48. The molecule has 1 saturated heterocycles. The second-order valence-electron chi connectivity index (χ2n) is 9.12. The highest BCUT2D eigenvalue weighted by Gasteiger charge is 2.35. The molecule has 0 unspecified atom stereocenters. The first-order valence-corrected chi connectivity index (χ1v) is 11.3. The number of hydrogen-bond acceptors (Lipinski definition) is 6. The lowest BCUT2D eigenvalue weighted by molar-refractivity contribution is -0.129. The first-order valence-electron chi connectivity index (χ1n) is 11.3. The summed E-state index contributed by atoms with van der Waals surface area (Å²) in [6.45, 7) is 13.0. The number of nitrogens with zero attached hydrogens (tertiary/aromatic N) is 5. The average Bonchev–Trinajstić information content (AvgIpc) is 3.11. The van der Waals surface area contributed by atoms with E-state index in [1.165, 1.54) is 5.56 Å². The van der Waals surface area contributed by atoms with E-state index < -0.39 is 0 Å². The van der Waals surface area contributed by atoms with Crippen LogP contribution in [-0.2, 0) is 11.3 Å². The number of anilines is 3. The second kappa shape index (κ2) is 8.76. The van der Waals surface area contributed by atoms with Crippen LogP contribution in [0.4, 0.5) is 17.5 Å². The minimum Gasteiger partial charge on any atom is -0.340 e. The average molecular weight is 437 g/mol. The summed E-state index contributed by atoms with van der Waals surface area (Å²) in [5.74, 6) is 1.65. The van der Waals surface area contributed by atoms with Crippen molar-refractivity contribution in [2.45, 2.75) is 53.1 Å². The van der Waals surface area contributed by atoms with Crippen molar-refractivity contribution in [1.29, 1.82) is 0 Å². The molecule has 2 aliphatic heterocycles. The molecule has 0 spiro atoms. The Bertz CT molecular complexity index is 1030. The van der Waals surface area contributed by atoms with Crippen molar-refractivity contribution >= 4 is 29.3 Å². The Labute approximate surface area is 189 Å². The van der Waals surface area contributed by atoms with Gasteiger partial charge in [0.05, 0.1) is 6.54 Å². The fourth-order valence-corrected chi connectivity index (χ4v) is 4.17. The molecule has 2 amide bonds. The van der Waals surface area contributed by atoms with Crippen LogP contribution < -0.4 is 10.2 Å². The largest absolute Gasteiger partial charge is 0.340 e. The van der Waals surface area contributed by atoms with Crippen molar-refractivity contribution in [3.63, 3.8) is 0 Å². The first-order chi connectivity index (χ1) is 15.2. The van der Waals surface area contributed by atoms with Crippen LogP contribution in [0.2, 0.25) is 0 Å². The third kappa shape index (κ3) is 4.26. The Hall–Kier alpha value is -3.16. The molecular weight excluding hydrogens is 404 g/mol.